The Balaban J connectivity index is 1.70. The molecule has 4 nitrogen and oxygen atoms in total. The maximum atomic E-state index is 13.8. The van der Waals surface area contributed by atoms with E-state index >= 15 is 0 Å². The molecular weight excluding hydrogens is 476 g/mol. The van der Waals surface area contributed by atoms with Crippen LogP contribution in [0.25, 0.3) is 5.76 Å². The highest BCUT2D eigenvalue weighted by Gasteiger charge is 2.47. The summed E-state index contributed by atoms with van der Waals surface area (Å²) in [6.07, 6.45) is 4.08. The Bertz CT molecular complexity index is 1350. The summed E-state index contributed by atoms with van der Waals surface area (Å²) in [5.41, 5.74) is 3.64. The lowest BCUT2D eigenvalue weighted by Crippen LogP contribution is -2.29. The van der Waals surface area contributed by atoms with Gasteiger partial charge >= 0.3 is 0 Å². The summed E-state index contributed by atoms with van der Waals surface area (Å²) in [5.74, 6) is -2.54. The summed E-state index contributed by atoms with van der Waals surface area (Å²) in [6, 6.07) is 15.2. The van der Waals surface area contributed by atoms with Gasteiger partial charge in [0.2, 0.25) is 0 Å². The van der Waals surface area contributed by atoms with Crippen molar-refractivity contribution in [3.63, 3.8) is 0 Å². The number of carbonyl (C=O) groups is 2. The molecule has 1 fully saturated rings. The number of halogens is 3. The predicted octanol–water partition coefficient (Wildman–Crippen LogP) is 6.64. The Morgan fingerprint density at radius 3 is 2.32 bits per heavy atom. The minimum Gasteiger partial charge on any atom is -0.507 e. The van der Waals surface area contributed by atoms with Crippen molar-refractivity contribution in [3.8, 4) is 0 Å². The fourth-order valence-corrected chi connectivity index (χ4v) is 5.03. The molecule has 0 saturated carbocycles. The number of carbonyl (C=O) groups excluding carboxylic acids is 2. The minimum atomic E-state index is -0.935. The third-order valence-electron chi connectivity index (χ3n) is 6.43. The van der Waals surface area contributed by atoms with E-state index in [2.05, 4.69) is 0 Å². The van der Waals surface area contributed by atoms with Crippen LogP contribution < -0.4 is 4.90 Å². The number of rotatable bonds is 3. The first-order valence-corrected chi connectivity index (χ1v) is 11.7. The van der Waals surface area contributed by atoms with E-state index in [1.54, 1.807) is 30.3 Å². The first-order valence-electron chi connectivity index (χ1n) is 11.0. The Morgan fingerprint density at radius 1 is 0.912 bits per heavy atom. The molecule has 0 spiro atoms. The molecule has 3 aromatic rings. The molecule has 172 valence electrons. The summed E-state index contributed by atoms with van der Waals surface area (Å²) in [4.78, 5) is 27.7. The third kappa shape index (κ3) is 3.89. The van der Waals surface area contributed by atoms with Crippen LogP contribution in [0.1, 0.15) is 41.1 Å². The van der Waals surface area contributed by atoms with E-state index in [0.717, 1.165) is 37.3 Å². The molecule has 7 heteroatoms. The van der Waals surface area contributed by atoms with Crippen molar-refractivity contribution in [2.75, 3.05) is 4.90 Å². The van der Waals surface area contributed by atoms with Crippen molar-refractivity contribution in [2.45, 2.75) is 31.7 Å². The molecule has 1 aliphatic carbocycles. The number of hydrogen-bond acceptors (Lipinski definition) is 3. The number of fused-ring (bicyclic) bond motifs is 1. The molecule has 0 radical (unpaired) electrons. The summed E-state index contributed by atoms with van der Waals surface area (Å²) in [5, 5.41) is 11.6. The van der Waals surface area contributed by atoms with Crippen molar-refractivity contribution in [2.24, 2.45) is 0 Å². The van der Waals surface area contributed by atoms with E-state index in [1.165, 1.54) is 22.6 Å². The largest absolute Gasteiger partial charge is 0.507 e. The third-order valence-corrected chi connectivity index (χ3v) is 6.98. The molecule has 0 aromatic heterocycles. The van der Waals surface area contributed by atoms with Gasteiger partial charge in [0.25, 0.3) is 11.7 Å². The smallest absolute Gasteiger partial charge is 0.300 e. The lowest BCUT2D eigenvalue weighted by molar-refractivity contribution is -0.132. The van der Waals surface area contributed by atoms with Crippen LogP contribution in [-0.2, 0) is 22.4 Å². The predicted molar refractivity (Wildman–Crippen MR) is 131 cm³/mol. The fourth-order valence-electron chi connectivity index (χ4n) is 4.73. The Morgan fingerprint density at radius 2 is 1.62 bits per heavy atom. The lowest BCUT2D eigenvalue weighted by atomic mass is 9.88. The Kier molecular flexibility index (Phi) is 5.92. The van der Waals surface area contributed by atoms with E-state index in [1.807, 2.05) is 12.1 Å². The van der Waals surface area contributed by atoms with Crippen molar-refractivity contribution >= 4 is 46.3 Å². The van der Waals surface area contributed by atoms with Crippen molar-refractivity contribution in [3.05, 3.63) is 104 Å². The zero-order valence-electron chi connectivity index (χ0n) is 18.0. The molecule has 2 aliphatic rings. The number of Topliss-reactive ketones (excluding diaryl/α,β-unsaturated/α-hetero) is 1. The van der Waals surface area contributed by atoms with Crippen LogP contribution in [0.3, 0.4) is 0 Å². The van der Waals surface area contributed by atoms with Gasteiger partial charge in [-0.1, -0.05) is 47.5 Å². The van der Waals surface area contributed by atoms with Crippen LogP contribution >= 0.6 is 23.2 Å². The van der Waals surface area contributed by atoms with Gasteiger partial charge in [-0.05, 0) is 78.8 Å². The van der Waals surface area contributed by atoms with Crippen LogP contribution in [0.15, 0.2) is 66.2 Å². The second-order valence-electron chi connectivity index (χ2n) is 8.51. The SMILES string of the molecule is O=C1C(=O)N(c2ccc(F)c(Cl)c2)C(c2ccc(Cl)cc2)/C1=C(/O)c1ccc2c(c1)CCCC2. The number of aliphatic hydroxyl groups is 1. The number of aliphatic hydroxyl groups excluding tert-OH is 1. The number of nitrogens with zero attached hydrogens (tertiary/aromatic N) is 1. The van der Waals surface area contributed by atoms with E-state index in [-0.39, 0.29) is 22.0 Å². The molecule has 1 aliphatic heterocycles. The molecule has 5 rings (SSSR count). The van der Waals surface area contributed by atoms with E-state index in [4.69, 9.17) is 23.2 Å². The molecule has 1 atom stereocenters. The van der Waals surface area contributed by atoms with Crippen LogP contribution in [0.4, 0.5) is 10.1 Å². The quantitative estimate of drug-likeness (QED) is 0.251. The fraction of sp³-hybridized carbons (Fsp3) is 0.185. The molecule has 1 amide bonds. The first kappa shape index (κ1) is 22.6. The van der Waals surface area contributed by atoms with Crippen LogP contribution in [-0.4, -0.2) is 16.8 Å². The van der Waals surface area contributed by atoms with E-state index < -0.39 is 23.5 Å². The highest BCUT2D eigenvalue weighted by atomic mass is 35.5. The number of aryl methyl sites for hydroxylation is 2. The van der Waals surface area contributed by atoms with Crippen molar-refractivity contribution < 1.29 is 19.1 Å². The Hall–Kier alpha value is -3.15. The zero-order valence-corrected chi connectivity index (χ0v) is 19.5. The first-order chi connectivity index (χ1) is 16.3. The zero-order chi connectivity index (χ0) is 24.0. The molecule has 3 aromatic carbocycles. The van der Waals surface area contributed by atoms with Gasteiger partial charge in [-0.3, -0.25) is 14.5 Å². The molecule has 1 unspecified atom stereocenters. The summed E-state index contributed by atoms with van der Waals surface area (Å²) in [6.45, 7) is 0. The number of anilines is 1. The summed E-state index contributed by atoms with van der Waals surface area (Å²) in [7, 11) is 0. The average molecular weight is 496 g/mol. The highest BCUT2D eigenvalue weighted by molar-refractivity contribution is 6.51. The second kappa shape index (κ2) is 8.90. The highest BCUT2D eigenvalue weighted by Crippen LogP contribution is 2.43. The lowest BCUT2D eigenvalue weighted by Gasteiger charge is -2.26. The maximum absolute atomic E-state index is 13.8. The van der Waals surface area contributed by atoms with Crippen LogP contribution in [0.2, 0.25) is 10.0 Å². The van der Waals surface area contributed by atoms with Gasteiger partial charge in [-0.2, -0.15) is 0 Å². The molecule has 34 heavy (non-hydrogen) atoms. The van der Waals surface area contributed by atoms with E-state index in [0.29, 0.717) is 16.1 Å². The van der Waals surface area contributed by atoms with Gasteiger partial charge in [0.05, 0.1) is 16.6 Å². The molecule has 1 heterocycles. The monoisotopic (exact) mass is 495 g/mol. The van der Waals surface area contributed by atoms with Crippen molar-refractivity contribution in [1.82, 2.24) is 0 Å². The number of benzene rings is 3. The van der Waals surface area contributed by atoms with Gasteiger partial charge in [-0.25, -0.2) is 4.39 Å². The molecule has 1 N–H and O–H groups in total. The second-order valence-corrected chi connectivity index (χ2v) is 9.35. The standard InChI is InChI=1S/C27H20Cl2FNO3/c28-19-9-7-16(8-10-19)24-23(25(32)18-6-5-15-3-1-2-4-17(15)13-18)26(33)27(34)31(24)20-11-12-22(30)21(29)14-20/h5-14,24,32H,1-4H2/b25-23-. The number of hydrogen-bond donors (Lipinski definition) is 1. The van der Waals surface area contributed by atoms with Crippen molar-refractivity contribution in [1.29, 1.82) is 0 Å². The average Bonchev–Trinajstić information content (AvgIpc) is 3.11. The van der Waals surface area contributed by atoms with Gasteiger partial charge in [0, 0.05) is 16.3 Å². The maximum Gasteiger partial charge on any atom is 0.300 e. The topological polar surface area (TPSA) is 57.6 Å². The number of ketones is 1. The van der Waals surface area contributed by atoms with Gasteiger partial charge in [0.1, 0.15) is 11.6 Å². The van der Waals surface area contributed by atoms with Crippen LogP contribution in [0, 0.1) is 5.82 Å². The van der Waals surface area contributed by atoms with Gasteiger partial charge in [-0.15, -0.1) is 0 Å². The molecule has 1 saturated heterocycles. The van der Waals surface area contributed by atoms with Gasteiger partial charge < -0.3 is 5.11 Å². The minimum absolute atomic E-state index is 0.0384. The van der Waals surface area contributed by atoms with Gasteiger partial charge in [0.15, 0.2) is 0 Å². The summed E-state index contributed by atoms with van der Waals surface area (Å²) >= 11 is 12.0. The Labute approximate surface area is 206 Å². The van der Waals surface area contributed by atoms with Crippen LogP contribution in [0.5, 0.6) is 0 Å². The van der Waals surface area contributed by atoms with E-state index in [9.17, 15) is 19.1 Å². The normalized spacial score (nSPS) is 19.4. The number of amides is 1. The molecule has 0 bridgehead atoms. The molecular formula is C27H20Cl2FNO3. The summed E-state index contributed by atoms with van der Waals surface area (Å²) < 4.78 is 13.8.